The van der Waals surface area contributed by atoms with Gasteiger partial charge >= 0.3 is 0 Å². The third kappa shape index (κ3) is 6.37. The minimum absolute atomic E-state index is 0. The van der Waals surface area contributed by atoms with Crippen LogP contribution in [0, 0.1) is 13.8 Å². The molecule has 1 aromatic heterocycles. The van der Waals surface area contributed by atoms with Crippen molar-refractivity contribution in [2.45, 2.75) is 32.7 Å². The first kappa shape index (κ1) is 21.5. The number of aromatic nitrogens is 1. The van der Waals surface area contributed by atoms with Crippen LogP contribution in [0.2, 0.25) is 0 Å². The van der Waals surface area contributed by atoms with Gasteiger partial charge < -0.3 is 15.5 Å². The number of hydrogen-bond donors (Lipinski definition) is 2. The quantitative estimate of drug-likeness (QED) is 0.393. The van der Waals surface area contributed by atoms with Crippen LogP contribution >= 0.6 is 24.0 Å². The molecule has 146 valence electrons. The molecule has 1 atom stereocenters. The molecule has 1 unspecified atom stereocenters. The van der Waals surface area contributed by atoms with Crippen LogP contribution in [0.25, 0.3) is 0 Å². The van der Waals surface area contributed by atoms with Crippen molar-refractivity contribution < 1.29 is 0 Å². The molecule has 0 spiro atoms. The minimum Gasteiger partial charge on any atom is -0.369 e. The van der Waals surface area contributed by atoms with Crippen LogP contribution < -0.4 is 15.5 Å². The first-order chi connectivity index (χ1) is 12.6. The maximum Gasteiger partial charge on any atom is 0.191 e. The second kappa shape index (κ2) is 10.5. The summed E-state index contributed by atoms with van der Waals surface area (Å²) in [5, 5.41) is 6.97. The number of aliphatic imine (C=N–C) groups is 1. The molecule has 1 saturated heterocycles. The highest BCUT2D eigenvalue weighted by molar-refractivity contribution is 14.0. The average Bonchev–Trinajstić information content (AvgIpc) is 3.11. The predicted molar refractivity (Wildman–Crippen MR) is 124 cm³/mol. The summed E-state index contributed by atoms with van der Waals surface area (Å²) in [4.78, 5) is 11.1. The second-order valence-corrected chi connectivity index (χ2v) is 6.97. The number of anilines is 1. The van der Waals surface area contributed by atoms with E-state index in [1.807, 2.05) is 20.2 Å². The molecule has 0 bridgehead atoms. The number of benzene rings is 1. The van der Waals surface area contributed by atoms with Crippen LogP contribution in [-0.2, 0) is 6.42 Å². The van der Waals surface area contributed by atoms with Gasteiger partial charge in [0.15, 0.2) is 5.96 Å². The molecule has 0 saturated carbocycles. The molecule has 1 aliphatic rings. The van der Waals surface area contributed by atoms with Gasteiger partial charge in [-0.05, 0) is 50.5 Å². The van der Waals surface area contributed by atoms with E-state index in [4.69, 9.17) is 0 Å². The molecule has 1 aromatic carbocycles. The third-order valence-electron chi connectivity index (χ3n) is 4.83. The Bertz CT molecular complexity index is 727. The zero-order chi connectivity index (χ0) is 18.4. The molecular formula is C21H30IN5. The monoisotopic (exact) mass is 479 g/mol. The maximum absolute atomic E-state index is 4.37. The minimum atomic E-state index is 0. The molecular weight excluding hydrogens is 449 g/mol. The molecule has 6 heteroatoms. The van der Waals surface area contributed by atoms with Crippen LogP contribution in [0.1, 0.15) is 23.2 Å². The number of nitrogens with one attached hydrogen (secondary N) is 2. The Morgan fingerprint density at radius 3 is 2.63 bits per heavy atom. The highest BCUT2D eigenvalue weighted by Crippen LogP contribution is 2.20. The van der Waals surface area contributed by atoms with Gasteiger partial charge in [-0.1, -0.05) is 23.8 Å². The summed E-state index contributed by atoms with van der Waals surface area (Å²) in [7, 11) is 1.83. The Labute approximate surface area is 179 Å². The van der Waals surface area contributed by atoms with E-state index in [1.165, 1.54) is 16.8 Å². The molecule has 0 amide bonds. The summed E-state index contributed by atoms with van der Waals surface area (Å²) in [6.45, 7) is 7.06. The van der Waals surface area contributed by atoms with E-state index in [2.05, 4.69) is 68.8 Å². The van der Waals surface area contributed by atoms with Crippen molar-refractivity contribution in [3.8, 4) is 0 Å². The van der Waals surface area contributed by atoms with Gasteiger partial charge in [-0.25, -0.2) is 0 Å². The second-order valence-electron chi connectivity index (χ2n) is 6.97. The molecule has 2 N–H and O–H groups in total. The van der Waals surface area contributed by atoms with Gasteiger partial charge in [0.05, 0.1) is 0 Å². The van der Waals surface area contributed by atoms with Crippen LogP contribution in [0.15, 0.2) is 47.6 Å². The van der Waals surface area contributed by atoms with E-state index in [1.54, 1.807) is 0 Å². The van der Waals surface area contributed by atoms with Crippen molar-refractivity contribution in [1.82, 2.24) is 15.6 Å². The van der Waals surface area contributed by atoms with E-state index in [-0.39, 0.29) is 24.0 Å². The Kier molecular flexibility index (Phi) is 8.34. The third-order valence-corrected chi connectivity index (χ3v) is 4.83. The van der Waals surface area contributed by atoms with Crippen LogP contribution in [0.5, 0.6) is 0 Å². The fourth-order valence-corrected chi connectivity index (χ4v) is 3.23. The predicted octanol–water partition coefficient (Wildman–Crippen LogP) is 3.30. The lowest BCUT2D eigenvalue weighted by Crippen LogP contribution is -2.45. The Hall–Kier alpha value is -1.83. The van der Waals surface area contributed by atoms with Crippen LogP contribution in [0.3, 0.4) is 0 Å². The van der Waals surface area contributed by atoms with Gasteiger partial charge in [0.25, 0.3) is 0 Å². The summed E-state index contributed by atoms with van der Waals surface area (Å²) in [5.41, 5.74) is 4.90. The molecule has 5 nitrogen and oxygen atoms in total. The van der Waals surface area contributed by atoms with E-state index in [0.717, 1.165) is 44.1 Å². The average molecular weight is 479 g/mol. The zero-order valence-corrected chi connectivity index (χ0v) is 18.7. The summed E-state index contributed by atoms with van der Waals surface area (Å²) in [6.07, 6.45) is 4.01. The fraction of sp³-hybridized carbons (Fsp3) is 0.429. The summed E-state index contributed by atoms with van der Waals surface area (Å²) < 4.78 is 0. The molecule has 1 aliphatic heterocycles. The summed E-state index contributed by atoms with van der Waals surface area (Å²) >= 11 is 0. The van der Waals surface area contributed by atoms with Gasteiger partial charge in [0, 0.05) is 50.3 Å². The molecule has 2 heterocycles. The van der Waals surface area contributed by atoms with Gasteiger partial charge in [-0.3, -0.25) is 9.98 Å². The number of pyridine rings is 1. The van der Waals surface area contributed by atoms with Gasteiger partial charge in [0.1, 0.15) is 0 Å². The maximum atomic E-state index is 4.37. The van der Waals surface area contributed by atoms with E-state index >= 15 is 0 Å². The van der Waals surface area contributed by atoms with Crippen molar-refractivity contribution in [1.29, 1.82) is 0 Å². The smallest absolute Gasteiger partial charge is 0.191 e. The van der Waals surface area contributed by atoms with Gasteiger partial charge in [-0.15, -0.1) is 24.0 Å². The lowest BCUT2D eigenvalue weighted by Gasteiger charge is -2.20. The van der Waals surface area contributed by atoms with E-state index in [9.17, 15) is 0 Å². The topological polar surface area (TPSA) is 52.6 Å². The van der Waals surface area contributed by atoms with E-state index in [0.29, 0.717) is 6.04 Å². The number of aryl methyl sites for hydroxylation is 2. The largest absolute Gasteiger partial charge is 0.369 e. The van der Waals surface area contributed by atoms with Crippen molar-refractivity contribution in [2.24, 2.45) is 4.99 Å². The highest BCUT2D eigenvalue weighted by atomic mass is 127. The van der Waals surface area contributed by atoms with Crippen molar-refractivity contribution in [3.05, 3.63) is 59.4 Å². The zero-order valence-electron chi connectivity index (χ0n) is 16.4. The normalized spacial score (nSPS) is 16.8. The first-order valence-electron chi connectivity index (χ1n) is 9.34. The molecule has 3 rings (SSSR count). The van der Waals surface area contributed by atoms with Crippen molar-refractivity contribution in [2.75, 3.05) is 31.6 Å². The SMILES string of the molecule is CN=C(NCCc1ccc(C)nc1)NC1CCN(c2ccc(C)cc2)C1.I. The highest BCUT2D eigenvalue weighted by Gasteiger charge is 2.23. The Balaban J connectivity index is 0.00000261. The molecule has 1 fully saturated rings. The van der Waals surface area contributed by atoms with Crippen molar-refractivity contribution in [3.63, 3.8) is 0 Å². The molecule has 2 aromatic rings. The summed E-state index contributed by atoms with van der Waals surface area (Å²) in [6, 6.07) is 13.4. The van der Waals surface area contributed by atoms with Crippen LogP contribution in [-0.4, -0.2) is 43.7 Å². The molecule has 0 radical (unpaired) electrons. The lowest BCUT2D eigenvalue weighted by atomic mass is 10.2. The molecule has 27 heavy (non-hydrogen) atoms. The number of halogens is 1. The summed E-state index contributed by atoms with van der Waals surface area (Å²) in [5.74, 6) is 0.876. The standard InChI is InChI=1S/C21H29N5.HI/c1-16-4-8-20(9-5-16)26-13-11-19(15-26)25-21(22-3)23-12-10-18-7-6-17(2)24-14-18;/h4-9,14,19H,10-13,15H2,1-3H3,(H2,22,23,25);1H. The lowest BCUT2D eigenvalue weighted by molar-refractivity contribution is 0.648. The number of nitrogens with zero attached hydrogens (tertiary/aromatic N) is 3. The number of guanidine groups is 1. The van der Waals surface area contributed by atoms with Gasteiger partial charge in [-0.2, -0.15) is 0 Å². The molecule has 0 aliphatic carbocycles. The van der Waals surface area contributed by atoms with Gasteiger partial charge in [0.2, 0.25) is 0 Å². The first-order valence-corrected chi connectivity index (χ1v) is 9.34. The van der Waals surface area contributed by atoms with Crippen molar-refractivity contribution >= 4 is 35.6 Å². The number of hydrogen-bond acceptors (Lipinski definition) is 3. The van der Waals surface area contributed by atoms with Crippen LogP contribution in [0.4, 0.5) is 5.69 Å². The Morgan fingerprint density at radius 1 is 1.19 bits per heavy atom. The number of rotatable bonds is 5. The Morgan fingerprint density at radius 2 is 1.96 bits per heavy atom. The fourth-order valence-electron chi connectivity index (χ4n) is 3.23. The van der Waals surface area contributed by atoms with E-state index < -0.39 is 0 Å².